The number of rotatable bonds is 4. The van der Waals surface area contributed by atoms with E-state index in [0.29, 0.717) is 12.0 Å². The number of hydrogen-bond acceptors (Lipinski definition) is 5. The maximum atomic E-state index is 5.71. The van der Waals surface area contributed by atoms with Gasteiger partial charge < -0.3 is 10.6 Å². The van der Waals surface area contributed by atoms with Crippen LogP contribution >= 0.6 is 11.6 Å². The van der Waals surface area contributed by atoms with Crippen LogP contribution in [-0.2, 0) is 0 Å². The van der Waals surface area contributed by atoms with Crippen molar-refractivity contribution in [2.24, 2.45) is 0 Å². The average Bonchev–Trinajstić information content (AvgIpc) is 2.15. The van der Waals surface area contributed by atoms with E-state index in [1.54, 1.807) is 0 Å². The highest BCUT2D eigenvalue weighted by Gasteiger charge is 2.13. The van der Waals surface area contributed by atoms with Crippen LogP contribution in [0, 0.1) is 0 Å². The summed E-state index contributed by atoms with van der Waals surface area (Å²) in [4.78, 5) is 13.7. The van der Waals surface area contributed by atoms with Crippen molar-refractivity contribution in [1.29, 1.82) is 0 Å². The zero-order valence-electron chi connectivity index (χ0n) is 9.24. The van der Waals surface area contributed by atoms with Gasteiger partial charge in [-0.2, -0.15) is 15.0 Å². The maximum absolute atomic E-state index is 5.71. The summed E-state index contributed by atoms with van der Waals surface area (Å²) >= 11 is 5.71. The lowest BCUT2D eigenvalue weighted by atomic mass is 10.2. The Morgan fingerprint density at radius 1 is 1.40 bits per heavy atom. The largest absolute Gasteiger partial charge is 0.368 e. The van der Waals surface area contributed by atoms with Crippen LogP contribution in [0.4, 0.5) is 11.9 Å². The summed E-state index contributed by atoms with van der Waals surface area (Å²) < 4.78 is 0. The Hall–Kier alpha value is -1.10. The Balaban J connectivity index is 2.85. The molecule has 84 valence electrons. The third-order valence-corrected chi connectivity index (χ3v) is 2.47. The van der Waals surface area contributed by atoms with E-state index >= 15 is 0 Å². The van der Waals surface area contributed by atoms with E-state index in [-0.39, 0.29) is 11.2 Å². The van der Waals surface area contributed by atoms with E-state index < -0.39 is 0 Å². The molecule has 0 spiro atoms. The van der Waals surface area contributed by atoms with Crippen molar-refractivity contribution in [3.63, 3.8) is 0 Å². The molecule has 0 fully saturated rings. The second kappa shape index (κ2) is 5.11. The molecule has 2 N–H and O–H groups in total. The second-order valence-corrected chi connectivity index (χ2v) is 3.85. The zero-order valence-corrected chi connectivity index (χ0v) is 9.99. The molecule has 1 heterocycles. The summed E-state index contributed by atoms with van der Waals surface area (Å²) in [5, 5.41) is 0.132. The number of halogens is 1. The van der Waals surface area contributed by atoms with Gasteiger partial charge in [0.2, 0.25) is 17.2 Å². The van der Waals surface area contributed by atoms with Crippen molar-refractivity contribution >= 4 is 23.5 Å². The molecule has 15 heavy (non-hydrogen) atoms. The Morgan fingerprint density at radius 2 is 2.07 bits per heavy atom. The van der Waals surface area contributed by atoms with Gasteiger partial charge in [0.15, 0.2) is 0 Å². The monoisotopic (exact) mass is 229 g/mol. The van der Waals surface area contributed by atoms with Crippen molar-refractivity contribution in [2.45, 2.75) is 32.7 Å². The van der Waals surface area contributed by atoms with Gasteiger partial charge in [0.25, 0.3) is 0 Å². The van der Waals surface area contributed by atoms with Crippen molar-refractivity contribution < 1.29 is 0 Å². The maximum Gasteiger partial charge on any atom is 0.231 e. The van der Waals surface area contributed by atoms with Gasteiger partial charge >= 0.3 is 0 Å². The molecule has 0 saturated heterocycles. The minimum absolute atomic E-state index is 0.132. The Kier molecular flexibility index (Phi) is 4.08. The highest BCUT2D eigenvalue weighted by atomic mass is 35.5. The normalized spacial score (nSPS) is 12.5. The predicted octanol–water partition coefficient (Wildman–Crippen LogP) is 1.73. The van der Waals surface area contributed by atoms with Gasteiger partial charge in [0, 0.05) is 13.1 Å². The molecule has 1 aromatic rings. The van der Waals surface area contributed by atoms with Crippen LogP contribution < -0.4 is 10.6 Å². The van der Waals surface area contributed by atoms with E-state index in [1.807, 2.05) is 11.9 Å². The van der Waals surface area contributed by atoms with E-state index in [2.05, 4.69) is 28.8 Å². The first-order valence-corrected chi connectivity index (χ1v) is 5.32. The highest BCUT2D eigenvalue weighted by molar-refractivity contribution is 6.28. The van der Waals surface area contributed by atoms with Crippen LogP contribution in [0.15, 0.2) is 0 Å². The van der Waals surface area contributed by atoms with Crippen molar-refractivity contribution in [2.75, 3.05) is 17.7 Å². The molecule has 0 bridgehead atoms. The Labute approximate surface area is 94.7 Å². The summed E-state index contributed by atoms with van der Waals surface area (Å²) in [6.45, 7) is 4.25. The van der Waals surface area contributed by atoms with E-state index in [1.165, 1.54) is 0 Å². The Bertz CT molecular complexity index is 310. The Morgan fingerprint density at radius 3 is 2.60 bits per heavy atom. The summed E-state index contributed by atoms with van der Waals surface area (Å²) in [5.74, 6) is 0.675. The standard InChI is InChI=1S/C9H16ClN5/c1-4-5-6(2)15(3)9-13-7(10)12-8(11)14-9/h6H,4-5H2,1-3H3,(H2,11,12,13,14). The third kappa shape index (κ3) is 3.20. The fraction of sp³-hybridized carbons (Fsp3) is 0.667. The molecule has 5 nitrogen and oxygen atoms in total. The molecule has 0 aromatic carbocycles. The molecule has 0 saturated carbocycles. The van der Waals surface area contributed by atoms with Gasteiger partial charge in [-0.1, -0.05) is 13.3 Å². The molecule has 1 atom stereocenters. The summed E-state index contributed by atoms with van der Waals surface area (Å²) in [6.07, 6.45) is 2.18. The van der Waals surface area contributed by atoms with Gasteiger partial charge in [-0.15, -0.1) is 0 Å². The van der Waals surface area contributed by atoms with E-state index in [0.717, 1.165) is 12.8 Å². The fourth-order valence-electron chi connectivity index (χ4n) is 1.32. The van der Waals surface area contributed by atoms with E-state index in [4.69, 9.17) is 17.3 Å². The molecule has 0 aliphatic heterocycles. The molecule has 1 aromatic heterocycles. The van der Waals surface area contributed by atoms with Gasteiger partial charge in [-0.3, -0.25) is 0 Å². The molecular formula is C9H16ClN5. The number of nitrogens with zero attached hydrogens (tertiary/aromatic N) is 4. The van der Waals surface area contributed by atoms with Crippen LogP contribution in [0.5, 0.6) is 0 Å². The van der Waals surface area contributed by atoms with Crippen LogP contribution in [0.25, 0.3) is 0 Å². The third-order valence-electron chi connectivity index (χ3n) is 2.30. The summed E-state index contributed by atoms with van der Waals surface area (Å²) in [7, 11) is 1.92. The summed E-state index contributed by atoms with van der Waals surface area (Å²) in [5.41, 5.74) is 5.50. The number of hydrogen-bond donors (Lipinski definition) is 1. The number of aromatic nitrogens is 3. The van der Waals surface area contributed by atoms with Gasteiger partial charge in [-0.05, 0) is 24.9 Å². The minimum Gasteiger partial charge on any atom is -0.368 e. The summed E-state index contributed by atoms with van der Waals surface area (Å²) in [6, 6.07) is 0.355. The topological polar surface area (TPSA) is 67.9 Å². The molecule has 0 radical (unpaired) electrons. The number of anilines is 2. The molecule has 0 aliphatic carbocycles. The van der Waals surface area contributed by atoms with Crippen LogP contribution in [0.1, 0.15) is 26.7 Å². The van der Waals surface area contributed by atoms with Crippen LogP contribution in [0.2, 0.25) is 5.28 Å². The van der Waals surface area contributed by atoms with Gasteiger partial charge in [-0.25, -0.2) is 0 Å². The minimum atomic E-state index is 0.132. The average molecular weight is 230 g/mol. The van der Waals surface area contributed by atoms with Gasteiger partial charge in [0.05, 0.1) is 0 Å². The molecule has 6 heteroatoms. The lowest BCUT2D eigenvalue weighted by molar-refractivity contribution is 0.604. The van der Waals surface area contributed by atoms with Crippen molar-refractivity contribution in [1.82, 2.24) is 15.0 Å². The molecular weight excluding hydrogens is 214 g/mol. The fourth-order valence-corrected chi connectivity index (χ4v) is 1.48. The van der Waals surface area contributed by atoms with Crippen LogP contribution in [-0.4, -0.2) is 28.0 Å². The lowest BCUT2D eigenvalue weighted by Crippen LogP contribution is -2.30. The van der Waals surface area contributed by atoms with E-state index in [9.17, 15) is 0 Å². The first-order chi connectivity index (χ1) is 7.04. The van der Waals surface area contributed by atoms with Crippen LogP contribution in [0.3, 0.4) is 0 Å². The SMILES string of the molecule is CCCC(C)N(C)c1nc(N)nc(Cl)n1. The molecule has 0 aliphatic rings. The smallest absolute Gasteiger partial charge is 0.231 e. The second-order valence-electron chi connectivity index (χ2n) is 3.51. The first-order valence-electron chi connectivity index (χ1n) is 4.94. The molecule has 1 unspecified atom stereocenters. The quantitative estimate of drug-likeness (QED) is 0.852. The zero-order chi connectivity index (χ0) is 11.4. The molecule has 0 amide bonds. The lowest BCUT2D eigenvalue weighted by Gasteiger charge is -2.24. The first kappa shape index (κ1) is 12.0. The number of nitrogen functional groups attached to an aromatic ring is 1. The predicted molar refractivity (Wildman–Crippen MR) is 62.0 cm³/mol. The van der Waals surface area contributed by atoms with Crippen molar-refractivity contribution in [3.8, 4) is 0 Å². The molecule has 1 rings (SSSR count). The van der Waals surface area contributed by atoms with Gasteiger partial charge in [0.1, 0.15) is 0 Å². The highest BCUT2D eigenvalue weighted by Crippen LogP contribution is 2.15. The number of nitrogens with two attached hydrogens (primary N) is 1. The van der Waals surface area contributed by atoms with Crippen molar-refractivity contribution in [3.05, 3.63) is 5.28 Å².